The molecule has 1 unspecified atom stereocenters. The van der Waals surface area contributed by atoms with Crippen LogP contribution in [-0.2, 0) is 4.79 Å². The van der Waals surface area contributed by atoms with E-state index in [1.807, 2.05) is 31.2 Å². The maximum Gasteiger partial charge on any atom is 0.220 e. The first kappa shape index (κ1) is 24.5. The molecule has 0 fully saturated rings. The summed E-state index contributed by atoms with van der Waals surface area (Å²) in [4.78, 5) is 18.9. The Morgan fingerprint density at radius 1 is 1.18 bits per heavy atom. The zero-order chi connectivity index (χ0) is 24.2. The van der Waals surface area contributed by atoms with Crippen LogP contribution in [0.2, 0.25) is 5.02 Å². The number of nitrogens with zero attached hydrogens (tertiary/aromatic N) is 4. The molecule has 4 rings (SSSR count). The minimum Gasteiger partial charge on any atom is -0.353 e. The predicted molar refractivity (Wildman–Crippen MR) is 137 cm³/mol. The zero-order valence-corrected chi connectivity index (χ0v) is 21.3. The molecule has 0 aliphatic carbocycles. The van der Waals surface area contributed by atoms with E-state index in [4.69, 9.17) is 22.3 Å². The third-order valence-corrected chi connectivity index (χ3v) is 7.37. The third-order valence-electron chi connectivity index (χ3n) is 5.93. The van der Waals surface area contributed by atoms with Crippen molar-refractivity contribution < 1.29 is 4.79 Å². The number of carbonyl (C=O) groups is 1. The van der Waals surface area contributed by atoms with Crippen molar-refractivity contribution in [3.05, 3.63) is 62.5 Å². The summed E-state index contributed by atoms with van der Waals surface area (Å²) in [6.07, 6.45) is 1.19. The van der Waals surface area contributed by atoms with E-state index in [1.165, 1.54) is 10.4 Å². The van der Waals surface area contributed by atoms with Crippen molar-refractivity contribution in [2.75, 3.05) is 26.2 Å². The van der Waals surface area contributed by atoms with E-state index in [0.29, 0.717) is 24.5 Å². The van der Waals surface area contributed by atoms with Crippen LogP contribution in [-0.4, -0.2) is 52.6 Å². The first-order chi connectivity index (χ1) is 16.4. The van der Waals surface area contributed by atoms with Gasteiger partial charge in [-0.15, -0.1) is 21.5 Å². The standard InChI is InChI=1S/C24H30ClN7OS/c1-14-15(2)34-24-21(14)22(17-6-8-18(25)9-7-17)29-19(23-31-30-16(3)32(23)24)13-28-20(33)5-4-11-27-12-10-26/h6-9,19,27H,4-5,10-13,26H2,1-3H3,(H,28,33). The van der Waals surface area contributed by atoms with Gasteiger partial charge in [-0.25, -0.2) is 0 Å². The number of benzene rings is 1. The van der Waals surface area contributed by atoms with Crippen LogP contribution >= 0.6 is 22.9 Å². The van der Waals surface area contributed by atoms with Crippen molar-refractivity contribution in [3.63, 3.8) is 0 Å². The lowest BCUT2D eigenvalue weighted by atomic mass is 10.00. The second kappa shape index (κ2) is 10.8. The summed E-state index contributed by atoms with van der Waals surface area (Å²) >= 11 is 7.87. The molecule has 3 heterocycles. The van der Waals surface area contributed by atoms with Crippen molar-refractivity contribution in [2.45, 2.75) is 39.7 Å². The lowest BCUT2D eigenvalue weighted by molar-refractivity contribution is -0.121. The Morgan fingerprint density at radius 3 is 2.68 bits per heavy atom. The molecule has 3 aromatic rings. The summed E-state index contributed by atoms with van der Waals surface area (Å²) in [6, 6.07) is 7.35. The fourth-order valence-electron chi connectivity index (χ4n) is 4.03. The zero-order valence-electron chi connectivity index (χ0n) is 19.7. The Labute approximate surface area is 208 Å². The van der Waals surface area contributed by atoms with Crippen LogP contribution < -0.4 is 16.4 Å². The molecule has 1 aliphatic heterocycles. The number of aromatic nitrogens is 3. The van der Waals surface area contributed by atoms with Crippen LogP contribution in [0.5, 0.6) is 0 Å². The molecule has 8 nitrogen and oxygen atoms in total. The average Bonchev–Trinajstić information content (AvgIpc) is 3.29. The summed E-state index contributed by atoms with van der Waals surface area (Å²) < 4.78 is 2.08. The van der Waals surface area contributed by atoms with Crippen molar-refractivity contribution in [3.8, 4) is 5.00 Å². The summed E-state index contributed by atoms with van der Waals surface area (Å²) in [5.41, 5.74) is 9.60. The van der Waals surface area contributed by atoms with Crippen LogP contribution in [0, 0.1) is 20.8 Å². The number of nitrogens with one attached hydrogen (secondary N) is 2. The summed E-state index contributed by atoms with van der Waals surface area (Å²) in [5.74, 6) is 1.52. The number of amides is 1. The van der Waals surface area contributed by atoms with Gasteiger partial charge in [0.15, 0.2) is 5.82 Å². The Morgan fingerprint density at radius 2 is 1.94 bits per heavy atom. The molecule has 1 aromatic carbocycles. The highest BCUT2D eigenvalue weighted by molar-refractivity contribution is 7.15. The third kappa shape index (κ3) is 5.07. The number of aryl methyl sites for hydroxylation is 2. The van der Waals surface area contributed by atoms with Crippen LogP contribution in [0.1, 0.15) is 52.1 Å². The number of nitrogens with two attached hydrogens (primary N) is 1. The van der Waals surface area contributed by atoms with Gasteiger partial charge in [0, 0.05) is 47.1 Å². The van der Waals surface area contributed by atoms with E-state index < -0.39 is 0 Å². The molecule has 2 aromatic heterocycles. The maximum absolute atomic E-state index is 12.5. The molecular formula is C24H30ClN7OS. The second-order valence-electron chi connectivity index (χ2n) is 8.35. The number of aliphatic imine (C=N–C) groups is 1. The maximum atomic E-state index is 12.5. The van der Waals surface area contributed by atoms with Crippen molar-refractivity contribution >= 4 is 34.6 Å². The minimum absolute atomic E-state index is 0.00776. The van der Waals surface area contributed by atoms with E-state index in [9.17, 15) is 4.79 Å². The molecule has 10 heteroatoms. The Bertz CT molecular complexity index is 1200. The molecule has 0 saturated carbocycles. The van der Waals surface area contributed by atoms with E-state index in [1.54, 1.807) is 11.3 Å². The van der Waals surface area contributed by atoms with Gasteiger partial charge in [-0.2, -0.15) is 0 Å². The van der Waals surface area contributed by atoms with Gasteiger partial charge in [0.25, 0.3) is 0 Å². The van der Waals surface area contributed by atoms with E-state index in [0.717, 1.165) is 53.0 Å². The quantitative estimate of drug-likeness (QED) is 0.391. The lowest BCUT2D eigenvalue weighted by Crippen LogP contribution is -2.30. The van der Waals surface area contributed by atoms with Crippen molar-refractivity contribution in [1.29, 1.82) is 0 Å². The number of rotatable bonds is 9. The van der Waals surface area contributed by atoms with E-state index in [-0.39, 0.29) is 11.9 Å². The highest BCUT2D eigenvalue weighted by Gasteiger charge is 2.31. The summed E-state index contributed by atoms with van der Waals surface area (Å²) in [5, 5.41) is 16.8. The van der Waals surface area contributed by atoms with Gasteiger partial charge in [0.2, 0.25) is 5.91 Å². The van der Waals surface area contributed by atoms with Gasteiger partial charge < -0.3 is 16.4 Å². The molecule has 1 amide bonds. The number of thiophene rings is 1. The molecule has 4 N–H and O–H groups in total. The number of hydrogen-bond donors (Lipinski definition) is 3. The molecule has 0 bridgehead atoms. The Kier molecular flexibility index (Phi) is 7.77. The molecule has 0 spiro atoms. The highest BCUT2D eigenvalue weighted by Crippen LogP contribution is 2.38. The molecule has 34 heavy (non-hydrogen) atoms. The van der Waals surface area contributed by atoms with Gasteiger partial charge in [0.05, 0.1) is 5.71 Å². The molecule has 0 saturated heterocycles. The summed E-state index contributed by atoms with van der Waals surface area (Å²) in [7, 11) is 0. The number of hydrogen-bond acceptors (Lipinski definition) is 7. The largest absolute Gasteiger partial charge is 0.353 e. The van der Waals surface area contributed by atoms with Crippen LogP contribution in [0.25, 0.3) is 5.00 Å². The Hall–Kier alpha value is -2.59. The van der Waals surface area contributed by atoms with Crippen molar-refractivity contribution in [2.24, 2.45) is 10.7 Å². The minimum atomic E-state index is -0.370. The van der Waals surface area contributed by atoms with Crippen LogP contribution in [0.3, 0.4) is 0 Å². The first-order valence-corrected chi connectivity index (χ1v) is 12.6. The normalized spacial score (nSPS) is 14.9. The van der Waals surface area contributed by atoms with E-state index in [2.05, 4.69) is 39.2 Å². The molecule has 0 radical (unpaired) electrons. The number of carbonyl (C=O) groups excluding carboxylic acids is 1. The van der Waals surface area contributed by atoms with Crippen molar-refractivity contribution in [1.82, 2.24) is 25.4 Å². The molecular weight excluding hydrogens is 470 g/mol. The topological polar surface area (TPSA) is 110 Å². The monoisotopic (exact) mass is 499 g/mol. The molecule has 180 valence electrons. The first-order valence-electron chi connectivity index (χ1n) is 11.4. The molecule has 1 aliphatic rings. The SMILES string of the molecule is Cc1sc2c(c1C)C(c1ccc(Cl)cc1)=NC(CNC(=O)CCCNCCN)c1nnc(C)n1-2. The smallest absolute Gasteiger partial charge is 0.220 e. The van der Waals surface area contributed by atoms with Gasteiger partial charge in [-0.3, -0.25) is 14.4 Å². The van der Waals surface area contributed by atoms with Gasteiger partial charge >= 0.3 is 0 Å². The second-order valence-corrected chi connectivity index (χ2v) is 9.99. The van der Waals surface area contributed by atoms with Gasteiger partial charge in [0.1, 0.15) is 16.9 Å². The van der Waals surface area contributed by atoms with Crippen LogP contribution in [0.4, 0.5) is 0 Å². The number of fused-ring (bicyclic) bond motifs is 3. The summed E-state index contributed by atoms with van der Waals surface area (Å²) in [6.45, 7) is 8.64. The lowest BCUT2D eigenvalue weighted by Gasteiger charge is -2.14. The Balaban J connectivity index is 1.66. The highest BCUT2D eigenvalue weighted by atomic mass is 35.5. The average molecular weight is 500 g/mol. The van der Waals surface area contributed by atoms with Crippen LogP contribution in [0.15, 0.2) is 29.3 Å². The van der Waals surface area contributed by atoms with Gasteiger partial charge in [-0.05, 0) is 51.4 Å². The molecule has 1 atom stereocenters. The fourth-order valence-corrected chi connectivity index (χ4v) is 5.37. The predicted octanol–water partition coefficient (Wildman–Crippen LogP) is 3.24. The fraction of sp³-hybridized carbons (Fsp3) is 0.417. The number of halogens is 1. The van der Waals surface area contributed by atoms with Gasteiger partial charge in [-0.1, -0.05) is 23.7 Å². The van der Waals surface area contributed by atoms with E-state index >= 15 is 0 Å².